The number of benzene rings is 4. The van der Waals surface area contributed by atoms with Crippen LogP contribution >= 0.6 is 11.8 Å². The second kappa shape index (κ2) is 10.6. The molecule has 0 saturated heterocycles. The van der Waals surface area contributed by atoms with Crippen molar-refractivity contribution in [1.29, 1.82) is 0 Å². The molecule has 0 unspecified atom stereocenters. The van der Waals surface area contributed by atoms with Gasteiger partial charge in [0.1, 0.15) is 0 Å². The number of nitrogens with one attached hydrogen (secondary N) is 1. The molecule has 0 atom stereocenters. The molecule has 0 saturated carbocycles. The summed E-state index contributed by atoms with van der Waals surface area (Å²) in [7, 11) is 0. The first-order valence-corrected chi connectivity index (χ1v) is 12.7. The first-order valence-electron chi connectivity index (χ1n) is 11.7. The average molecular weight is 479 g/mol. The van der Waals surface area contributed by atoms with Gasteiger partial charge in [0.2, 0.25) is 5.91 Å². The van der Waals surface area contributed by atoms with Crippen LogP contribution in [-0.2, 0) is 11.2 Å². The van der Waals surface area contributed by atoms with Gasteiger partial charge in [-0.05, 0) is 41.3 Å². The van der Waals surface area contributed by atoms with E-state index in [2.05, 4.69) is 11.4 Å². The Bertz CT molecular complexity index is 1290. The molecule has 4 aromatic carbocycles. The molecular formula is C30H26N2O2S. The van der Waals surface area contributed by atoms with Gasteiger partial charge in [0.15, 0.2) is 0 Å². The fourth-order valence-corrected chi connectivity index (χ4v) is 5.38. The molecule has 4 nitrogen and oxygen atoms in total. The zero-order valence-electron chi connectivity index (χ0n) is 19.3. The number of carbonyl (C=O) groups is 2. The van der Waals surface area contributed by atoms with Crippen LogP contribution in [0.1, 0.15) is 33.1 Å². The number of nitrogens with zero attached hydrogens (tertiary/aromatic N) is 1. The number of rotatable bonds is 7. The van der Waals surface area contributed by atoms with Crippen molar-refractivity contribution in [3.05, 3.63) is 131 Å². The number of thioether (sulfide) groups is 1. The first-order chi connectivity index (χ1) is 17.2. The zero-order valence-corrected chi connectivity index (χ0v) is 20.1. The van der Waals surface area contributed by atoms with E-state index in [-0.39, 0.29) is 23.6 Å². The molecule has 0 fully saturated rings. The predicted octanol–water partition coefficient (Wildman–Crippen LogP) is 5.89. The second-order valence-corrected chi connectivity index (χ2v) is 9.45. The van der Waals surface area contributed by atoms with Crippen molar-refractivity contribution in [3.8, 4) is 0 Å². The van der Waals surface area contributed by atoms with Gasteiger partial charge in [-0.15, -0.1) is 11.8 Å². The lowest BCUT2D eigenvalue weighted by atomic mass is 9.98. The normalized spacial score (nSPS) is 12.4. The van der Waals surface area contributed by atoms with Crippen molar-refractivity contribution >= 4 is 29.3 Å². The summed E-state index contributed by atoms with van der Waals surface area (Å²) in [6.45, 7) is 0.705. The second-order valence-electron chi connectivity index (χ2n) is 8.44. The van der Waals surface area contributed by atoms with Crippen LogP contribution in [0.4, 0.5) is 5.69 Å². The van der Waals surface area contributed by atoms with E-state index in [1.165, 1.54) is 17.3 Å². The molecule has 0 aliphatic carbocycles. The van der Waals surface area contributed by atoms with Crippen LogP contribution in [0, 0.1) is 0 Å². The van der Waals surface area contributed by atoms with Gasteiger partial charge in [0.05, 0.1) is 17.4 Å². The molecule has 2 amide bonds. The van der Waals surface area contributed by atoms with Crippen LogP contribution in [0.25, 0.3) is 0 Å². The first kappa shape index (κ1) is 22.9. The third-order valence-electron chi connectivity index (χ3n) is 6.21. The molecule has 1 heterocycles. The topological polar surface area (TPSA) is 49.4 Å². The summed E-state index contributed by atoms with van der Waals surface area (Å²) in [5, 5.41) is 3.21. The number of hydrogen-bond donors (Lipinski definition) is 1. The number of amides is 2. The Hall–Kier alpha value is -3.83. The standard InChI is InChI=1S/C30H26N2O2S/c33-28(32-20-19-22-11-7-9-17-26(22)32)21-35-27-18-10-8-16-25(27)30(34)31-29(23-12-3-1-4-13-23)24-14-5-2-6-15-24/h1-18,29H,19-21H2,(H,31,34). The Morgan fingerprint density at radius 2 is 1.37 bits per heavy atom. The van der Waals surface area contributed by atoms with E-state index in [0.29, 0.717) is 12.1 Å². The number of para-hydroxylation sites is 1. The third kappa shape index (κ3) is 5.15. The minimum absolute atomic E-state index is 0.0570. The Morgan fingerprint density at radius 3 is 2.09 bits per heavy atom. The monoisotopic (exact) mass is 478 g/mol. The average Bonchev–Trinajstić information content (AvgIpc) is 3.36. The van der Waals surface area contributed by atoms with Crippen LogP contribution in [0.2, 0.25) is 0 Å². The smallest absolute Gasteiger partial charge is 0.253 e. The summed E-state index contributed by atoms with van der Waals surface area (Å²) in [6.07, 6.45) is 0.881. The molecule has 5 rings (SSSR count). The lowest BCUT2D eigenvalue weighted by Crippen LogP contribution is -2.31. The van der Waals surface area contributed by atoms with E-state index in [0.717, 1.165) is 28.1 Å². The molecule has 174 valence electrons. The fourth-order valence-electron chi connectivity index (χ4n) is 4.45. The van der Waals surface area contributed by atoms with Crippen LogP contribution in [-0.4, -0.2) is 24.1 Å². The lowest BCUT2D eigenvalue weighted by Gasteiger charge is -2.21. The summed E-state index contributed by atoms with van der Waals surface area (Å²) < 4.78 is 0. The van der Waals surface area contributed by atoms with Crippen molar-refractivity contribution in [1.82, 2.24) is 5.32 Å². The maximum Gasteiger partial charge on any atom is 0.253 e. The van der Waals surface area contributed by atoms with Gasteiger partial charge in [0.25, 0.3) is 5.91 Å². The highest BCUT2D eigenvalue weighted by Crippen LogP contribution is 2.30. The predicted molar refractivity (Wildman–Crippen MR) is 142 cm³/mol. The van der Waals surface area contributed by atoms with Gasteiger partial charge in [0, 0.05) is 17.1 Å². The lowest BCUT2D eigenvalue weighted by molar-refractivity contribution is -0.116. The van der Waals surface area contributed by atoms with Crippen molar-refractivity contribution in [3.63, 3.8) is 0 Å². The molecule has 1 aliphatic rings. The minimum Gasteiger partial charge on any atom is -0.341 e. The van der Waals surface area contributed by atoms with Gasteiger partial charge in [-0.1, -0.05) is 91.0 Å². The van der Waals surface area contributed by atoms with E-state index in [9.17, 15) is 9.59 Å². The maximum atomic E-state index is 13.5. The molecular weight excluding hydrogens is 452 g/mol. The molecule has 4 aromatic rings. The van der Waals surface area contributed by atoms with E-state index in [1.807, 2.05) is 108 Å². The number of carbonyl (C=O) groups excluding carboxylic acids is 2. The van der Waals surface area contributed by atoms with Crippen LogP contribution < -0.4 is 10.2 Å². The third-order valence-corrected chi connectivity index (χ3v) is 7.27. The number of anilines is 1. The summed E-state index contributed by atoms with van der Waals surface area (Å²) in [6, 6.07) is 35.2. The van der Waals surface area contributed by atoms with Crippen molar-refractivity contribution in [2.75, 3.05) is 17.2 Å². The quantitative estimate of drug-likeness (QED) is 0.337. The summed E-state index contributed by atoms with van der Waals surface area (Å²) in [5.74, 6) is 0.172. The maximum absolute atomic E-state index is 13.5. The molecule has 5 heteroatoms. The summed E-state index contributed by atoms with van der Waals surface area (Å²) in [4.78, 5) is 29.1. The van der Waals surface area contributed by atoms with Crippen molar-refractivity contribution < 1.29 is 9.59 Å². The summed E-state index contributed by atoms with van der Waals surface area (Å²) in [5.41, 5.74) is 4.81. The molecule has 0 aromatic heterocycles. The van der Waals surface area contributed by atoms with E-state index in [1.54, 1.807) is 0 Å². The molecule has 35 heavy (non-hydrogen) atoms. The van der Waals surface area contributed by atoms with Crippen LogP contribution in [0.15, 0.2) is 114 Å². The minimum atomic E-state index is -0.273. The van der Waals surface area contributed by atoms with Crippen molar-refractivity contribution in [2.24, 2.45) is 0 Å². The Labute approximate surface area is 210 Å². The van der Waals surface area contributed by atoms with Gasteiger partial charge in [-0.25, -0.2) is 0 Å². The van der Waals surface area contributed by atoms with E-state index >= 15 is 0 Å². The van der Waals surface area contributed by atoms with Crippen LogP contribution in [0.5, 0.6) is 0 Å². The SMILES string of the molecule is O=C(NC(c1ccccc1)c1ccccc1)c1ccccc1SCC(=O)N1CCc2ccccc21. The van der Waals surface area contributed by atoms with Gasteiger partial charge in [-0.2, -0.15) is 0 Å². The summed E-state index contributed by atoms with van der Waals surface area (Å²) >= 11 is 1.41. The molecule has 0 radical (unpaired) electrons. The Balaban J connectivity index is 1.33. The molecule has 0 bridgehead atoms. The van der Waals surface area contributed by atoms with Crippen LogP contribution in [0.3, 0.4) is 0 Å². The fraction of sp³-hybridized carbons (Fsp3) is 0.133. The number of fused-ring (bicyclic) bond motifs is 1. The van der Waals surface area contributed by atoms with E-state index < -0.39 is 0 Å². The highest BCUT2D eigenvalue weighted by molar-refractivity contribution is 8.00. The molecule has 0 spiro atoms. The van der Waals surface area contributed by atoms with Crippen molar-refractivity contribution in [2.45, 2.75) is 17.4 Å². The molecule has 1 aliphatic heterocycles. The van der Waals surface area contributed by atoms with Gasteiger partial charge < -0.3 is 10.2 Å². The highest BCUT2D eigenvalue weighted by atomic mass is 32.2. The number of hydrogen-bond acceptors (Lipinski definition) is 3. The van der Waals surface area contributed by atoms with E-state index in [4.69, 9.17) is 0 Å². The largest absolute Gasteiger partial charge is 0.341 e. The highest BCUT2D eigenvalue weighted by Gasteiger charge is 2.25. The molecule has 1 N–H and O–H groups in total. The van der Waals surface area contributed by atoms with Gasteiger partial charge >= 0.3 is 0 Å². The Kier molecular flexibility index (Phi) is 6.96. The zero-order chi connectivity index (χ0) is 24.0. The Morgan fingerprint density at radius 1 is 0.771 bits per heavy atom. The van der Waals surface area contributed by atoms with Gasteiger partial charge in [-0.3, -0.25) is 9.59 Å².